The topological polar surface area (TPSA) is 12.0 Å². The SMILES string of the molecule is CCc1ccc(C(C)NC(C)CC)cc1. The Hall–Kier alpha value is -0.820. The summed E-state index contributed by atoms with van der Waals surface area (Å²) >= 11 is 0. The van der Waals surface area contributed by atoms with Crippen LogP contribution in [0.4, 0.5) is 0 Å². The summed E-state index contributed by atoms with van der Waals surface area (Å²) in [5.41, 5.74) is 2.79. The first-order valence-corrected chi connectivity index (χ1v) is 6.02. The first-order valence-electron chi connectivity index (χ1n) is 6.02. The van der Waals surface area contributed by atoms with Gasteiger partial charge in [-0.2, -0.15) is 0 Å². The lowest BCUT2D eigenvalue weighted by Crippen LogP contribution is -2.28. The van der Waals surface area contributed by atoms with E-state index in [1.54, 1.807) is 0 Å². The van der Waals surface area contributed by atoms with Crippen LogP contribution in [-0.4, -0.2) is 6.04 Å². The van der Waals surface area contributed by atoms with Gasteiger partial charge in [0.2, 0.25) is 0 Å². The second-order valence-electron chi connectivity index (χ2n) is 4.29. The van der Waals surface area contributed by atoms with Crippen molar-refractivity contribution in [2.45, 2.75) is 52.6 Å². The summed E-state index contributed by atoms with van der Waals surface area (Å²) in [6.07, 6.45) is 2.30. The van der Waals surface area contributed by atoms with E-state index in [4.69, 9.17) is 0 Å². The normalized spacial score (nSPS) is 14.9. The standard InChI is InChI=1S/C14H23N/c1-5-11(3)15-12(4)14-9-7-13(6-2)8-10-14/h7-12,15H,5-6H2,1-4H3. The van der Waals surface area contributed by atoms with Crippen LogP contribution in [0.2, 0.25) is 0 Å². The van der Waals surface area contributed by atoms with Crippen molar-refractivity contribution in [1.29, 1.82) is 0 Å². The highest BCUT2D eigenvalue weighted by molar-refractivity contribution is 5.24. The number of hydrogen-bond acceptors (Lipinski definition) is 1. The first kappa shape index (κ1) is 12.3. The number of rotatable bonds is 5. The van der Waals surface area contributed by atoms with Crippen molar-refractivity contribution in [3.63, 3.8) is 0 Å². The van der Waals surface area contributed by atoms with Gasteiger partial charge in [0.05, 0.1) is 0 Å². The fourth-order valence-electron chi connectivity index (χ4n) is 1.68. The summed E-state index contributed by atoms with van der Waals surface area (Å²) in [4.78, 5) is 0. The van der Waals surface area contributed by atoms with Gasteiger partial charge in [-0.15, -0.1) is 0 Å². The maximum absolute atomic E-state index is 3.58. The van der Waals surface area contributed by atoms with Crippen LogP contribution in [0, 0.1) is 0 Å². The molecule has 1 aromatic rings. The summed E-state index contributed by atoms with van der Waals surface area (Å²) in [6.45, 7) is 8.87. The second kappa shape index (κ2) is 5.92. The van der Waals surface area contributed by atoms with E-state index in [9.17, 15) is 0 Å². The van der Waals surface area contributed by atoms with Crippen LogP contribution in [-0.2, 0) is 6.42 Å². The van der Waals surface area contributed by atoms with E-state index >= 15 is 0 Å². The Kier molecular flexibility index (Phi) is 4.83. The van der Waals surface area contributed by atoms with E-state index in [1.165, 1.54) is 17.5 Å². The molecule has 0 saturated heterocycles. The van der Waals surface area contributed by atoms with Gasteiger partial charge >= 0.3 is 0 Å². The molecule has 0 aliphatic rings. The Morgan fingerprint density at radius 2 is 1.67 bits per heavy atom. The molecule has 0 spiro atoms. The minimum Gasteiger partial charge on any atom is -0.308 e. The molecule has 0 aliphatic heterocycles. The van der Waals surface area contributed by atoms with Crippen LogP contribution in [0.25, 0.3) is 0 Å². The van der Waals surface area contributed by atoms with Gasteiger partial charge in [-0.3, -0.25) is 0 Å². The van der Waals surface area contributed by atoms with Gasteiger partial charge in [0.1, 0.15) is 0 Å². The average Bonchev–Trinajstić information content (AvgIpc) is 2.29. The molecule has 84 valence electrons. The summed E-state index contributed by atoms with van der Waals surface area (Å²) in [5.74, 6) is 0. The predicted octanol–water partition coefficient (Wildman–Crippen LogP) is 3.70. The second-order valence-corrected chi connectivity index (χ2v) is 4.29. The predicted molar refractivity (Wildman–Crippen MR) is 67.1 cm³/mol. The van der Waals surface area contributed by atoms with Gasteiger partial charge < -0.3 is 5.32 Å². The molecular weight excluding hydrogens is 182 g/mol. The summed E-state index contributed by atoms with van der Waals surface area (Å²) < 4.78 is 0. The Morgan fingerprint density at radius 1 is 1.07 bits per heavy atom. The van der Waals surface area contributed by atoms with Crippen molar-refractivity contribution in [1.82, 2.24) is 5.32 Å². The summed E-state index contributed by atoms with van der Waals surface area (Å²) in [7, 11) is 0. The number of hydrogen-bond donors (Lipinski definition) is 1. The number of nitrogens with one attached hydrogen (secondary N) is 1. The fraction of sp³-hybridized carbons (Fsp3) is 0.571. The van der Waals surface area contributed by atoms with Crippen LogP contribution >= 0.6 is 0 Å². The maximum atomic E-state index is 3.58. The highest BCUT2D eigenvalue weighted by atomic mass is 14.9. The lowest BCUT2D eigenvalue weighted by atomic mass is 10.0. The molecule has 2 atom stereocenters. The third kappa shape index (κ3) is 3.67. The van der Waals surface area contributed by atoms with Crippen LogP contribution in [0.5, 0.6) is 0 Å². The molecule has 1 N–H and O–H groups in total. The smallest absolute Gasteiger partial charge is 0.0294 e. The zero-order valence-corrected chi connectivity index (χ0v) is 10.4. The van der Waals surface area contributed by atoms with Crippen molar-refractivity contribution < 1.29 is 0 Å². The highest BCUT2D eigenvalue weighted by Gasteiger charge is 2.07. The minimum atomic E-state index is 0.450. The third-order valence-electron chi connectivity index (χ3n) is 3.03. The zero-order valence-electron chi connectivity index (χ0n) is 10.4. The quantitative estimate of drug-likeness (QED) is 0.773. The molecule has 1 heteroatoms. The van der Waals surface area contributed by atoms with E-state index in [2.05, 4.69) is 57.3 Å². The molecule has 0 amide bonds. The molecule has 1 rings (SSSR count). The lowest BCUT2D eigenvalue weighted by molar-refractivity contribution is 0.469. The third-order valence-corrected chi connectivity index (χ3v) is 3.03. The van der Waals surface area contributed by atoms with Crippen molar-refractivity contribution in [2.24, 2.45) is 0 Å². The summed E-state index contributed by atoms with van der Waals surface area (Å²) in [5, 5.41) is 3.58. The van der Waals surface area contributed by atoms with Gasteiger partial charge in [-0.25, -0.2) is 0 Å². The van der Waals surface area contributed by atoms with Crippen LogP contribution in [0.1, 0.15) is 51.3 Å². The molecule has 0 radical (unpaired) electrons. The van der Waals surface area contributed by atoms with Crippen molar-refractivity contribution in [3.05, 3.63) is 35.4 Å². The van der Waals surface area contributed by atoms with Crippen LogP contribution in [0.3, 0.4) is 0 Å². The van der Waals surface area contributed by atoms with E-state index in [-0.39, 0.29) is 0 Å². The number of benzene rings is 1. The monoisotopic (exact) mass is 205 g/mol. The largest absolute Gasteiger partial charge is 0.308 e. The molecule has 0 saturated carbocycles. The fourth-order valence-corrected chi connectivity index (χ4v) is 1.68. The molecule has 1 aromatic carbocycles. The molecule has 0 fully saturated rings. The molecule has 0 aliphatic carbocycles. The highest BCUT2D eigenvalue weighted by Crippen LogP contribution is 2.14. The van der Waals surface area contributed by atoms with Crippen molar-refractivity contribution in [2.75, 3.05) is 0 Å². The van der Waals surface area contributed by atoms with Gasteiger partial charge in [0.15, 0.2) is 0 Å². The Bertz CT molecular complexity index is 276. The van der Waals surface area contributed by atoms with Crippen LogP contribution in [0.15, 0.2) is 24.3 Å². The molecular formula is C14H23N. The molecule has 0 aromatic heterocycles. The minimum absolute atomic E-state index is 0.450. The van der Waals surface area contributed by atoms with Gasteiger partial charge in [0, 0.05) is 12.1 Å². The number of aryl methyl sites for hydroxylation is 1. The molecule has 0 bridgehead atoms. The van der Waals surface area contributed by atoms with E-state index in [0.717, 1.165) is 6.42 Å². The van der Waals surface area contributed by atoms with E-state index < -0.39 is 0 Å². The van der Waals surface area contributed by atoms with E-state index in [1.807, 2.05) is 0 Å². The Balaban J connectivity index is 2.61. The van der Waals surface area contributed by atoms with Crippen molar-refractivity contribution >= 4 is 0 Å². The van der Waals surface area contributed by atoms with Gasteiger partial charge in [0.25, 0.3) is 0 Å². The maximum Gasteiger partial charge on any atom is 0.0294 e. The van der Waals surface area contributed by atoms with E-state index in [0.29, 0.717) is 12.1 Å². The molecule has 1 nitrogen and oxygen atoms in total. The Labute approximate surface area is 93.9 Å². The first-order chi connectivity index (χ1) is 7.17. The molecule has 2 unspecified atom stereocenters. The molecule has 15 heavy (non-hydrogen) atoms. The zero-order chi connectivity index (χ0) is 11.3. The van der Waals surface area contributed by atoms with Gasteiger partial charge in [-0.05, 0) is 37.8 Å². The lowest BCUT2D eigenvalue weighted by Gasteiger charge is -2.19. The summed E-state index contributed by atoms with van der Waals surface area (Å²) in [6, 6.07) is 9.96. The van der Waals surface area contributed by atoms with Crippen molar-refractivity contribution in [3.8, 4) is 0 Å². The average molecular weight is 205 g/mol. The Morgan fingerprint density at radius 3 is 2.13 bits per heavy atom. The molecule has 0 heterocycles. The van der Waals surface area contributed by atoms with Crippen LogP contribution < -0.4 is 5.32 Å². The van der Waals surface area contributed by atoms with Gasteiger partial charge in [-0.1, -0.05) is 38.1 Å².